The Hall–Kier alpha value is -0.780. The van der Waals surface area contributed by atoms with Gasteiger partial charge in [-0.25, -0.2) is 0 Å². The van der Waals surface area contributed by atoms with Gasteiger partial charge >= 0.3 is 6.18 Å². The van der Waals surface area contributed by atoms with E-state index in [2.05, 4.69) is 0 Å². The van der Waals surface area contributed by atoms with Gasteiger partial charge in [0.05, 0.1) is 0 Å². The Balaban J connectivity index is 2.55. The van der Waals surface area contributed by atoms with Crippen molar-refractivity contribution >= 4 is 5.91 Å². The molecule has 2 N–H and O–H groups in total. The Kier molecular flexibility index (Phi) is 4.18. The number of likely N-dealkylation sites (N-methyl/N-ethyl adjacent to an activating group) is 1. The average Bonchev–Trinajstić information content (AvgIpc) is 2.15. The van der Waals surface area contributed by atoms with Crippen molar-refractivity contribution < 1.29 is 18.0 Å². The van der Waals surface area contributed by atoms with E-state index in [9.17, 15) is 18.0 Å². The van der Waals surface area contributed by atoms with Gasteiger partial charge in [-0.15, -0.1) is 0 Å². The standard InChI is InChI=1S/C10H17F3N2O/c1-15(9(16)6-10(11,12)13)8-5-3-2-4-7(8)14/h7-8H,2-6,14H2,1H3. The molecule has 1 aliphatic rings. The first-order chi connectivity index (χ1) is 7.31. The van der Waals surface area contributed by atoms with Crippen LogP contribution in [0.15, 0.2) is 0 Å². The highest BCUT2D eigenvalue weighted by Gasteiger charge is 2.36. The molecule has 94 valence electrons. The van der Waals surface area contributed by atoms with Gasteiger partial charge in [-0.1, -0.05) is 12.8 Å². The number of nitrogens with zero attached hydrogens (tertiary/aromatic N) is 1. The van der Waals surface area contributed by atoms with E-state index in [0.29, 0.717) is 6.42 Å². The van der Waals surface area contributed by atoms with Crippen LogP contribution >= 0.6 is 0 Å². The number of alkyl halides is 3. The van der Waals surface area contributed by atoms with Gasteiger partial charge in [0, 0.05) is 19.1 Å². The highest BCUT2D eigenvalue weighted by Crippen LogP contribution is 2.25. The molecule has 1 fully saturated rings. The normalized spacial score (nSPS) is 26.6. The van der Waals surface area contributed by atoms with Crippen molar-refractivity contribution in [1.29, 1.82) is 0 Å². The maximum atomic E-state index is 12.1. The van der Waals surface area contributed by atoms with E-state index >= 15 is 0 Å². The molecule has 6 heteroatoms. The summed E-state index contributed by atoms with van der Waals surface area (Å²) in [4.78, 5) is 12.5. The first-order valence-electron chi connectivity index (χ1n) is 5.39. The summed E-state index contributed by atoms with van der Waals surface area (Å²) in [5, 5.41) is 0. The Morgan fingerprint density at radius 2 is 1.94 bits per heavy atom. The maximum absolute atomic E-state index is 12.1. The number of amides is 1. The second-order valence-corrected chi connectivity index (χ2v) is 4.31. The van der Waals surface area contributed by atoms with E-state index in [-0.39, 0.29) is 12.1 Å². The zero-order valence-corrected chi connectivity index (χ0v) is 9.26. The van der Waals surface area contributed by atoms with Gasteiger partial charge in [0.25, 0.3) is 0 Å². The predicted octanol–water partition coefficient (Wildman–Crippen LogP) is 1.67. The summed E-state index contributed by atoms with van der Waals surface area (Å²) in [5.41, 5.74) is 5.81. The lowest BCUT2D eigenvalue weighted by atomic mass is 9.90. The number of hydrogen-bond donors (Lipinski definition) is 1. The maximum Gasteiger partial charge on any atom is 0.397 e. The van der Waals surface area contributed by atoms with Gasteiger partial charge < -0.3 is 10.6 Å². The van der Waals surface area contributed by atoms with Gasteiger partial charge in [0.15, 0.2) is 0 Å². The molecule has 2 unspecified atom stereocenters. The number of nitrogens with two attached hydrogens (primary N) is 1. The third-order valence-corrected chi connectivity index (χ3v) is 3.02. The van der Waals surface area contributed by atoms with Gasteiger partial charge in [-0.05, 0) is 12.8 Å². The number of halogens is 3. The minimum absolute atomic E-state index is 0.198. The molecule has 0 bridgehead atoms. The van der Waals surface area contributed by atoms with Crippen molar-refractivity contribution in [1.82, 2.24) is 4.90 Å². The van der Waals surface area contributed by atoms with Crippen LogP contribution in [0.5, 0.6) is 0 Å². The second kappa shape index (κ2) is 5.03. The van der Waals surface area contributed by atoms with Crippen molar-refractivity contribution in [3.05, 3.63) is 0 Å². The lowest BCUT2D eigenvalue weighted by molar-refractivity contribution is -0.162. The summed E-state index contributed by atoms with van der Waals surface area (Å²) in [6.07, 6.45) is -2.46. The Bertz CT molecular complexity index is 255. The third-order valence-electron chi connectivity index (χ3n) is 3.02. The van der Waals surface area contributed by atoms with Crippen LogP contribution in [0.25, 0.3) is 0 Å². The molecule has 0 heterocycles. The van der Waals surface area contributed by atoms with E-state index in [1.807, 2.05) is 0 Å². The molecule has 1 rings (SSSR count). The van der Waals surface area contributed by atoms with Crippen LogP contribution in [0.4, 0.5) is 13.2 Å². The zero-order chi connectivity index (χ0) is 12.3. The largest absolute Gasteiger partial charge is 0.397 e. The van der Waals surface area contributed by atoms with Crippen molar-refractivity contribution in [3.8, 4) is 0 Å². The summed E-state index contributed by atoms with van der Waals surface area (Å²) in [7, 11) is 1.41. The Morgan fingerprint density at radius 1 is 1.38 bits per heavy atom. The monoisotopic (exact) mass is 238 g/mol. The molecule has 0 saturated heterocycles. The summed E-state index contributed by atoms with van der Waals surface area (Å²) in [6, 6.07) is -0.445. The number of carbonyl (C=O) groups excluding carboxylic acids is 1. The second-order valence-electron chi connectivity index (χ2n) is 4.31. The van der Waals surface area contributed by atoms with Crippen LogP contribution in [0.3, 0.4) is 0 Å². The molecule has 0 aromatic rings. The fraction of sp³-hybridized carbons (Fsp3) is 0.900. The molecule has 0 aliphatic heterocycles. The van der Waals surface area contributed by atoms with Crippen molar-refractivity contribution in [2.45, 2.75) is 50.4 Å². The first kappa shape index (κ1) is 13.3. The van der Waals surface area contributed by atoms with Crippen LogP contribution in [0.2, 0.25) is 0 Å². The lowest BCUT2D eigenvalue weighted by Gasteiger charge is -2.36. The minimum Gasteiger partial charge on any atom is -0.341 e. The van der Waals surface area contributed by atoms with Crippen molar-refractivity contribution in [3.63, 3.8) is 0 Å². The third kappa shape index (κ3) is 3.66. The number of hydrogen-bond acceptors (Lipinski definition) is 2. The molecule has 1 saturated carbocycles. The average molecular weight is 238 g/mol. The number of rotatable bonds is 2. The lowest BCUT2D eigenvalue weighted by Crippen LogP contribution is -2.50. The van der Waals surface area contributed by atoms with Gasteiger partial charge in [-0.2, -0.15) is 13.2 Å². The van der Waals surface area contributed by atoms with E-state index < -0.39 is 18.5 Å². The van der Waals surface area contributed by atoms with E-state index in [0.717, 1.165) is 24.2 Å². The fourth-order valence-corrected chi connectivity index (χ4v) is 2.10. The van der Waals surface area contributed by atoms with E-state index in [1.54, 1.807) is 0 Å². The summed E-state index contributed by atoms with van der Waals surface area (Å²) in [5.74, 6) is -0.894. The molecular weight excluding hydrogens is 221 g/mol. The smallest absolute Gasteiger partial charge is 0.341 e. The molecule has 16 heavy (non-hydrogen) atoms. The van der Waals surface area contributed by atoms with Crippen LogP contribution < -0.4 is 5.73 Å². The van der Waals surface area contributed by atoms with Crippen LogP contribution in [0.1, 0.15) is 32.1 Å². The van der Waals surface area contributed by atoms with E-state index in [4.69, 9.17) is 5.73 Å². The Labute approximate surface area is 92.8 Å². The molecule has 3 nitrogen and oxygen atoms in total. The van der Waals surface area contributed by atoms with Crippen LogP contribution in [0, 0.1) is 0 Å². The SMILES string of the molecule is CN(C(=O)CC(F)(F)F)C1CCCCC1N. The fourth-order valence-electron chi connectivity index (χ4n) is 2.10. The number of carbonyl (C=O) groups is 1. The molecule has 0 aromatic heterocycles. The summed E-state index contributed by atoms with van der Waals surface area (Å²) in [6.45, 7) is 0. The quantitative estimate of drug-likeness (QED) is 0.795. The van der Waals surface area contributed by atoms with E-state index in [1.165, 1.54) is 7.05 Å². The molecule has 2 atom stereocenters. The van der Waals surface area contributed by atoms with Gasteiger partial charge in [-0.3, -0.25) is 4.79 Å². The summed E-state index contributed by atoms with van der Waals surface area (Å²) < 4.78 is 36.2. The van der Waals surface area contributed by atoms with Gasteiger partial charge in [0.1, 0.15) is 6.42 Å². The molecule has 1 aliphatic carbocycles. The van der Waals surface area contributed by atoms with Crippen molar-refractivity contribution in [2.75, 3.05) is 7.05 Å². The van der Waals surface area contributed by atoms with Crippen LogP contribution in [-0.2, 0) is 4.79 Å². The molecule has 0 radical (unpaired) electrons. The van der Waals surface area contributed by atoms with Crippen molar-refractivity contribution in [2.24, 2.45) is 5.73 Å². The molecule has 1 amide bonds. The Morgan fingerprint density at radius 3 is 2.44 bits per heavy atom. The summed E-state index contributed by atoms with van der Waals surface area (Å²) >= 11 is 0. The van der Waals surface area contributed by atoms with Gasteiger partial charge in [0.2, 0.25) is 5.91 Å². The zero-order valence-electron chi connectivity index (χ0n) is 9.26. The predicted molar refractivity (Wildman–Crippen MR) is 53.7 cm³/mol. The molecular formula is C10H17F3N2O. The first-order valence-corrected chi connectivity index (χ1v) is 5.39. The minimum atomic E-state index is -4.44. The topological polar surface area (TPSA) is 46.3 Å². The highest BCUT2D eigenvalue weighted by molar-refractivity contribution is 5.77. The molecule has 0 spiro atoms. The molecule has 0 aromatic carbocycles. The van der Waals surface area contributed by atoms with Crippen LogP contribution in [-0.4, -0.2) is 36.1 Å². The highest BCUT2D eigenvalue weighted by atomic mass is 19.4.